The van der Waals surface area contributed by atoms with Crippen LogP contribution in [-0.2, 0) is 6.54 Å². The Morgan fingerprint density at radius 2 is 2.09 bits per heavy atom. The first-order valence-electron chi connectivity index (χ1n) is 8.33. The van der Waals surface area contributed by atoms with Crippen molar-refractivity contribution in [2.45, 2.75) is 32.4 Å². The van der Waals surface area contributed by atoms with E-state index in [1.165, 1.54) is 35.7 Å². The van der Waals surface area contributed by atoms with Gasteiger partial charge in [0.25, 0.3) is 0 Å². The van der Waals surface area contributed by atoms with E-state index in [1.54, 1.807) is 7.11 Å². The van der Waals surface area contributed by atoms with Gasteiger partial charge >= 0.3 is 0 Å². The van der Waals surface area contributed by atoms with Gasteiger partial charge in [-0.1, -0.05) is 37.3 Å². The minimum Gasteiger partial charge on any atom is -0.496 e. The number of hydrogen-bond donors (Lipinski definition) is 1. The summed E-state index contributed by atoms with van der Waals surface area (Å²) in [5.74, 6) is 0.977. The Morgan fingerprint density at radius 3 is 2.91 bits per heavy atom. The summed E-state index contributed by atoms with van der Waals surface area (Å²) in [6.07, 6.45) is 2.64. The molecule has 0 saturated carbocycles. The molecule has 1 heterocycles. The zero-order valence-electron chi connectivity index (χ0n) is 13.6. The number of methoxy groups -OCH3 is 1. The number of likely N-dealkylation sites (tertiary alicyclic amines) is 1. The fourth-order valence-corrected chi connectivity index (χ4v) is 3.60. The molecule has 1 saturated heterocycles. The highest BCUT2D eigenvalue weighted by atomic mass is 16.5. The van der Waals surface area contributed by atoms with Crippen molar-refractivity contribution in [3.8, 4) is 5.75 Å². The Hall–Kier alpha value is -1.58. The molecule has 0 amide bonds. The molecule has 3 heteroatoms. The third-order valence-corrected chi connectivity index (χ3v) is 4.80. The minimum atomic E-state index is 0.686. The highest BCUT2D eigenvalue weighted by molar-refractivity contribution is 5.87. The molecule has 1 atom stereocenters. The lowest BCUT2D eigenvalue weighted by atomic mass is 10.0. The number of nitrogens with zero attached hydrogens (tertiary/aromatic N) is 1. The first-order chi connectivity index (χ1) is 10.8. The maximum atomic E-state index is 5.57. The molecule has 0 unspecified atom stereocenters. The molecule has 1 fully saturated rings. The van der Waals surface area contributed by atoms with Crippen molar-refractivity contribution < 1.29 is 4.74 Å². The molecule has 2 aromatic rings. The standard InChI is InChI=1S/C19H26N2O/c1-3-21-12-6-8-16(21)13-20-14-18-17-9-5-4-7-15(17)10-11-19(18)22-2/h4-5,7,9-11,16,20H,3,6,8,12-14H2,1-2H3/t16-/m1/s1. The minimum absolute atomic E-state index is 0.686. The second-order valence-electron chi connectivity index (χ2n) is 6.02. The molecule has 118 valence electrons. The predicted molar refractivity (Wildman–Crippen MR) is 92.5 cm³/mol. The molecule has 3 rings (SSSR count). The van der Waals surface area contributed by atoms with E-state index in [4.69, 9.17) is 4.74 Å². The Bertz CT molecular complexity index is 626. The van der Waals surface area contributed by atoms with Crippen LogP contribution in [0, 0.1) is 0 Å². The Balaban J connectivity index is 1.73. The third kappa shape index (κ3) is 3.11. The molecule has 0 aliphatic carbocycles. The van der Waals surface area contributed by atoms with Crippen LogP contribution in [0.1, 0.15) is 25.3 Å². The van der Waals surface area contributed by atoms with E-state index in [9.17, 15) is 0 Å². The summed E-state index contributed by atoms with van der Waals surface area (Å²) < 4.78 is 5.57. The lowest BCUT2D eigenvalue weighted by molar-refractivity contribution is 0.259. The molecular weight excluding hydrogens is 272 g/mol. The van der Waals surface area contributed by atoms with E-state index in [2.05, 4.69) is 53.5 Å². The van der Waals surface area contributed by atoms with Crippen molar-refractivity contribution in [2.75, 3.05) is 26.7 Å². The zero-order valence-corrected chi connectivity index (χ0v) is 13.6. The fraction of sp³-hybridized carbons (Fsp3) is 0.474. The van der Waals surface area contributed by atoms with Gasteiger partial charge in [0.2, 0.25) is 0 Å². The first kappa shape index (κ1) is 15.3. The van der Waals surface area contributed by atoms with Gasteiger partial charge in [0.05, 0.1) is 7.11 Å². The number of hydrogen-bond acceptors (Lipinski definition) is 3. The van der Waals surface area contributed by atoms with Crippen LogP contribution in [0.25, 0.3) is 10.8 Å². The van der Waals surface area contributed by atoms with Crippen LogP contribution >= 0.6 is 0 Å². The monoisotopic (exact) mass is 298 g/mol. The molecule has 1 aliphatic heterocycles. The average molecular weight is 298 g/mol. The number of ether oxygens (including phenoxy) is 1. The molecule has 0 spiro atoms. The van der Waals surface area contributed by atoms with Gasteiger partial charge in [-0.15, -0.1) is 0 Å². The number of nitrogens with one attached hydrogen (secondary N) is 1. The van der Waals surface area contributed by atoms with E-state index in [-0.39, 0.29) is 0 Å². The van der Waals surface area contributed by atoms with Crippen LogP contribution in [0.4, 0.5) is 0 Å². The quantitative estimate of drug-likeness (QED) is 0.884. The van der Waals surface area contributed by atoms with E-state index in [1.807, 2.05) is 0 Å². The maximum absolute atomic E-state index is 5.57. The van der Waals surface area contributed by atoms with Crippen LogP contribution < -0.4 is 10.1 Å². The summed E-state index contributed by atoms with van der Waals surface area (Å²) in [5.41, 5.74) is 1.27. The summed E-state index contributed by atoms with van der Waals surface area (Å²) in [6, 6.07) is 13.4. The van der Waals surface area contributed by atoms with Crippen LogP contribution in [0.2, 0.25) is 0 Å². The second kappa shape index (κ2) is 7.12. The molecule has 1 aliphatic rings. The highest BCUT2D eigenvalue weighted by Crippen LogP contribution is 2.28. The molecule has 0 bridgehead atoms. The molecule has 3 nitrogen and oxygen atoms in total. The van der Waals surface area contributed by atoms with E-state index >= 15 is 0 Å². The smallest absolute Gasteiger partial charge is 0.123 e. The highest BCUT2D eigenvalue weighted by Gasteiger charge is 2.22. The van der Waals surface area contributed by atoms with Crippen molar-refractivity contribution in [1.82, 2.24) is 10.2 Å². The molecule has 2 aromatic carbocycles. The fourth-order valence-electron chi connectivity index (χ4n) is 3.60. The topological polar surface area (TPSA) is 24.5 Å². The van der Waals surface area contributed by atoms with Gasteiger partial charge in [-0.25, -0.2) is 0 Å². The summed E-state index contributed by atoms with van der Waals surface area (Å²) >= 11 is 0. The summed E-state index contributed by atoms with van der Waals surface area (Å²) in [7, 11) is 1.75. The Labute approximate surface area is 133 Å². The van der Waals surface area contributed by atoms with E-state index in [0.29, 0.717) is 6.04 Å². The van der Waals surface area contributed by atoms with Crippen LogP contribution in [0.5, 0.6) is 5.75 Å². The molecule has 1 N–H and O–H groups in total. The third-order valence-electron chi connectivity index (χ3n) is 4.80. The van der Waals surface area contributed by atoms with Gasteiger partial charge in [0.1, 0.15) is 5.75 Å². The summed E-state index contributed by atoms with van der Waals surface area (Å²) in [4.78, 5) is 2.58. The van der Waals surface area contributed by atoms with E-state index in [0.717, 1.165) is 25.4 Å². The van der Waals surface area contributed by atoms with Gasteiger partial charge in [0.15, 0.2) is 0 Å². The molecule has 0 aromatic heterocycles. The van der Waals surface area contributed by atoms with Gasteiger partial charge in [-0.05, 0) is 42.8 Å². The van der Waals surface area contributed by atoms with Crippen LogP contribution in [0.3, 0.4) is 0 Å². The van der Waals surface area contributed by atoms with Gasteiger partial charge in [0, 0.05) is 24.7 Å². The van der Waals surface area contributed by atoms with Gasteiger partial charge in [-0.2, -0.15) is 0 Å². The molecule has 22 heavy (non-hydrogen) atoms. The SMILES string of the molecule is CCN1CCC[C@@H]1CNCc1c(OC)ccc2ccccc12. The second-order valence-corrected chi connectivity index (χ2v) is 6.02. The van der Waals surface area contributed by atoms with Crippen molar-refractivity contribution in [3.05, 3.63) is 42.0 Å². The first-order valence-corrected chi connectivity index (χ1v) is 8.33. The number of likely N-dealkylation sites (N-methyl/N-ethyl adjacent to an activating group) is 1. The van der Waals surface area contributed by atoms with E-state index < -0.39 is 0 Å². The van der Waals surface area contributed by atoms with Gasteiger partial charge < -0.3 is 10.1 Å². The predicted octanol–water partition coefficient (Wildman–Crippen LogP) is 3.42. The zero-order chi connectivity index (χ0) is 15.4. The molecular formula is C19H26N2O. The lowest BCUT2D eigenvalue weighted by Gasteiger charge is -2.23. The van der Waals surface area contributed by atoms with Crippen molar-refractivity contribution in [2.24, 2.45) is 0 Å². The van der Waals surface area contributed by atoms with Crippen molar-refractivity contribution in [3.63, 3.8) is 0 Å². The van der Waals surface area contributed by atoms with Crippen LogP contribution in [-0.4, -0.2) is 37.7 Å². The molecule has 0 radical (unpaired) electrons. The van der Waals surface area contributed by atoms with Crippen molar-refractivity contribution in [1.29, 1.82) is 0 Å². The Kier molecular flexibility index (Phi) is 4.96. The normalized spacial score (nSPS) is 18.9. The maximum Gasteiger partial charge on any atom is 0.123 e. The number of benzene rings is 2. The lowest BCUT2D eigenvalue weighted by Crippen LogP contribution is -2.37. The average Bonchev–Trinajstić information content (AvgIpc) is 3.02. The summed E-state index contributed by atoms with van der Waals surface area (Å²) in [5, 5.41) is 6.21. The number of fused-ring (bicyclic) bond motifs is 1. The largest absolute Gasteiger partial charge is 0.496 e. The Morgan fingerprint density at radius 1 is 1.23 bits per heavy atom. The number of rotatable bonds is 6. The van der Waals surface area contributed by atoms with Gasteiger partial charge in [-0.3, -0.25) is 4.90 Å². The summed E-state index contributed by atoms with van der Waals surface area (Å²) in [6.45, 7) is 6.58. The van der Waals surface area contributed by atoms with Crippen molar-refractivity contribution >= 4 is 10.8 Å². The van der Waals surface area contributed by atoms with Crippen LogP contribution in [0.15, 0.2) is 36.4 Å².